The van der Waals surface area contributed by atoms with Gasteiger partial charge in [0.15, 0.2) is 5.96 Å². The number of hydrogen-bond donors (Lipinski definition) is 3. The predicted molar refractivity (Wildman–Crippen MR) is 121 cm³/mol. The van der Waals surface area contributed by atoms with Crippen LogP contribution in [0.5, 0.6) is 0 Å². The molecule has 0 amide bonds. The molecule has 0 aromatic carbocycles. The molecule has 1 saturated carbocycles. The highest BCUT2D eigenvalue weighted by atomic mass is 127. The maximum absolute atomic E-state index is 12.1. The molecule has 2 saturated heterocycles. The Morgan fingerprint density at radius 2 is 1.74 bits per heavy atom. The van der Waals surface area contributed by atoms with Gasteiger partial charge in [-0.3, -0.25) is 4.99 Å². The number of nitrogens with zero attached hydrogens (tertiary/aromatic N) is 2. The Morgan fingerprint density at radius 1 is 1.11 bits per heavy atom. The van der Waals surface area contributed by atoms with Crippen molar-refractivity contribution < 1.29 is 8.42 Å². The molecule has 2 atom stereocenters. The van der Waals surface area contributed by atoms with Crippen LogP contribution in [-0.4, -0.2) is 70.3 Å². The van der Waals surface area contributed by atoms with Crippen LogP contribution in [0.2, 0.25) is 0 Å². The van der Waals surface area contributed by atoms with E-state index in [1.807, 2.05) is 0 Å². The molecule has 3 fully saturated rings. The summed E-state index contributed by atoms with van der Waals surface area (Å²) in [7, 11) is 0.782. The third kappa shape index (κ3) is 6.71. The van der Waals surface area contributed by atoms with E-state index < -0.39 is 10.0 Å². The van der Waals surface area contributed by atoms with Gasteiger partial charge in [0.25, 0.3) is 0 Å². The Kier molecular flexibility index (Phi) is 9.08. The Morgan fingerprint density at radius 3 is 2.30 bits per heavy atom. The van der Waals surface area contributed by atoms with Crippen molar-refractivity contribution in [2.45, 2.75) is 69.5 Å². The number of nitrogens with one attached hydrogen (secondary N) is 3. The molecular weight excluding hydrogens is 477 g/mol. The molecule has 3 N–H and O–H groups in total. The fourth-order valence-electron chi connectivity index (χ4n) is 4.44. The van der Waals surface area contributed by atoms with Gasteiger partial charge in [-0.2, -0.15) is 0 Å². The number of fused-ring (bicyclic) bond motifs is 2. The summed E-state index contributed by atoms with van der Waals surface area (Å²) in [6, 6.07) is 1.74. The van der Waals surface area contributed by atoms with Crippen LogP contribution < -0.4 is 15.4 Å². The van der Waals surface area contributed by atoms with Crippen LogP contribution in [0.25, 0.3) is 0 Å². The maximum Gasteiger partial charge on any atom is 0.213 e. The minimum absolute atomic E-state index is 0. The van der Waals surface area contributed by atoms with Crippen molar-refractivity contribution >= 4 is 40.0 Å². The quantitative estimate of drug-likeness (QED) is 0.273. The zero-order chi connectivity index (χ0) is 18.6. The molecule has 9 heteroatoms. The van der Waals surface area contributed by atoms with Crippen molar-refractivity contribution in [2.75, 3.05) is 32.9 Å². The van der Waals surface area contributed by atoms with Gasteiger partial charge < -0.3 is 15.5 Å². The highest BCUT2D eigenvalue weighted by Crippen LogP contribution is 2.32. The van der Waals surface area contributed by atoms with Gasteiger partial charge in [0.2, 0.25) is 10.0 Å². The van der Waals surface area contributed by atoms with Crippen LogP contribution >= 0.6 is 24.0 Å². The topological polar surface area (TPSA) is 85.8 Å². The van der Waals surface area contributed by atoms with Crippen molar-refractivity contribution in [1.82, 2.24) is 20.3 Å². The second-order valence-electron chi connectivity index (χ2n) is 8.18. The molecule has 27 heavy (non-hydrogen) atoms. The molecule has 3 aliphatic rings. The predicted octanol–water partition coefficient (Wildman–Crippen LogP) is 1.50. The minimum Gasteiger partial charge on any atom is -0.355 e. The molecule has 158 valence electrons. The van der Waals surface area contributed by atoms with Crippen molar-refractivity contribution in [2.24, 2.45) is 10.9 Å². The smallest absolute Gasteiger partial charge is 0.213 e. The first kappa shape index (κ1) is 23.2. The van der Waals surface area contributed by atoms with E-state index >= 15 is 0 Å². The SMILES string of the molecule is CN=C(NCCS(=O)(=O)NCC1CCC1)NC1CC2CCCC(C1)N2C.I. The molecule has 0 spiro atoms. The standard InChI is InChI=1S/C18H35N5O2S.HI/c1-19-18(20-9-10-26(24,25)21-13-14-5-3-6-14)22-15-11-16-7-4-8-17(12-15)23(16)2;/h14-17,21H,3-13H2,1-2H3,(H2,19,20,22);1H. The van der Waals surface area contributed by atoms with Gasteiger partial charge in [-0.15, -0.1) is 24.0 Å². The Hall–Kier alpha value is -0.130. The number of sulfonamides is 1. The molecule has 2 heterocycles. The number of halogens is 1. The van der Waals surface area contributed by atoms with E-state index in [1.165, 1.54) is 25.7 Å². The molecule has 2 aliphatic heterocycles. The summed E-state index contributed by atoms with van der Waals surface area (Å²) in [5.74, 6) is 1.34. The number of guanidine groups is 1. The molecular formula is C18H36IN5O2S. The number of aliphatic imine (C=N–C) groups is 1. The highest BCUT2D eigenvalue weighted by molar-refractivity contribution is 14.0. The van der Waals surface area contributed by atoms with E-state index in [0.717, 1.165) is 25.7 Å². The van der Waals surface area contributed by atoms with Crippen molar-refractivity contribution in [1.29, 1.82) is 0 Å². The summed E-state index contributed by atoms with van der Waals surface area (Å²) in [6.07, 6.45) is 9.69. The van der Waals surface area contributed by atoms with E-state index in [1.54, 1.807) is 7.05 Å². The molecule has 3 rings (SSSR count). The Labute approximate surface area is 181 Å². The van der Waals surface area contributed by atoms with E-state index in [9.17, 15) is 8.42 Å². The van der Waals surface area contributed by atoms with Crippen LogP contribution in [0, 0.1) is 5.92 Å². The number of piperidine rings is 2. The second kappa shape index (κ2) is 10.6. The lowest BCUT2D eigenvalue weighted by molar-refractivity contribution is 0.0526. The Bertz CT molecular complexity index is 583. The average Bonchev–Trinajstić information content (AvgIpc) is 2.53. The fourth-order valence-corrected chi connectivity index (χ4v) is 5.44. The van der Waals surface area contributed by atoms with Gasteiger partial charge in [0, 0.05) is 38.3 Å². The van der Waals surface area contributed by atoms with Crippen molar-refractivity contribution in [3.63, 3.8) is 0 Å². The third-order valence-corrected chi connectivity index (χ3v) is 7.73. The van der Waals surface area contributed by atoms with Crippen LogP contribution in [0.3, 0.4) is 0 Å². The van der Waals surface area contributed by atoms with Crippen LogP contribution in [0.4, 0.5) is 0 Å². The van der Waals surface area contributed by atoms with Gasteiger partial charge in [-0.1, -0.05) is 12.8 Å². The maximum atomic E-state index is 12.1. The largest absolute Gasteiger partial charge is 0.355 e. The first-order valence-corrected chi connectivity index (χ1v) is 11.8. The summed E-state index contributed by atoms with van der Waals surface area (Å²) in [4.78, 5) is 6.82. The molecule has 2 bridgehead atoms. The van der Waals surface area contributed by atoms with Gasteiger partial charge >= 0.3 is 0 Å². The minimum atomic E-state index is -3.21. The first-order chi connectivity index (χ1) is 12.5. The fraction of sp³-hybridized carbons (Fsp3) is 0.944. The first-order valence-electron chi connectivity index (χ1n) is 10.1. The molecule has 0 aromatic heterocycles. The van der Waals surface area contributed by atoms with Crippen molar-refractivity contribution in [3.8, 4) is 0 Å². The average molecular weight is 513 g/mol. The second-order valence-corrected chi connectivity index (χ2v) is 10.1. The van der Waals surface area contributed by atoms with Crippen molar-refractivity contribution in [3.05, 3.63) is 0 Å². The molecule has 0 radical (unpaired) electrons. The van der Waals surface area contributed by atoms with E-state index in [-0.39, 0.29) is 29.7 Å². The van der Waals surface area contributed by atoms with Gasteiger partial charge in [-0.05, 0) is 51.5 Å². The monoisotopic (exact) mass is 513 g/mol. The highest BCUT2D eigenvalue weighted by Gasteiger charge is 2.36. The molecule has 0 aromatic rings. The van der Waals surface area contributed by atoms with Crippen LogP contribution in [-0.2, 0) is 10.0 Å². The third-order valence-electron chi connectivity index (χ3n) is 6.38. The van der Waals surface area contributed by atoms with Gasteiger partial charge in [0.05, 0.1) is 5.75 Å². The van der Waals surface area contributed by atoms with E-state index in [2.05, 4.69) is 32.3 Å². The lowest BCUT2D eigenvalue weighted by Gasteiger charge is -2.47. The van der Waals surface area contributed by atoms with E-state index in [0.29, 0.717) is 43.1 Å². The van der Waals surface area contributed by atoms with E-state index in [4.69, 9.17) is 0 Å². The van der Waals surface area contributed by atoms with Gasteiger partial charge in [-0.25, -0.2) is 13.1 Å². The summed E-state index contributed by atoms with van der Waals surface area (Å²) >= 11 is 0. The van der Waals surface area contributed by atoms with Crippen LogP contribution in [0.15, 0.2) is 4.99 Å². The normalized spacial score (nSPS) is 29.6. The Balaban J connectivity index is 0.00000261. The van der Waals surface area contributed by atoms with Gasteiger partial charge in [0.1, 0.15) is 0 Å². The molecule has 7 nitrogen and oxygen atoms in total. The molecule has 1 aliphatic carbocycles. The zero-order valence-corrected chi connectivity index (χ0v) is 19.8. The summed E-state index contributed by atoms with van der Waals surface area (Å²) in [5.41, 5.74) is 0. The summed E-state index contributed by atoms with van der Waals surface area (Å²) in [6.45, 7) is 0.965. The summed E-state index contributed by atoms with van der Waals surface area (Å²) < 4.78 is 26.9. The number of rotatable bonds is 7. The zero-order valence-electron chi connectivity index (χ0n) is 16.6. The lowest BCUT2D eigenvalue weighted by Crippen LogP contribution is -2.56. The molecule has 2 unspecified atom stereocenters. The lowest BCUT2D eigenvalue weighted by atomic mass is 9.82. The summed E-state index contributed by atoms with van der Waals surface area (Å²) in [5, 5.41) is 6.68. The van der Waals surface area contributed by atoms with Crippen LogP contribution in [0.1, 0.15) is 51.4 Å². The number of hydrogen-bond acceptors (Lipinski definition) is 4.